The average Bonchev–Trinajstić information content (AvgIpc) is 3.01. The number of nitrogens with zero attached hydrogens (tertiary/aromatic N) is 1. The van der Waals surface area contributed by atoms with Gasteiger partial charge in [0.15, 0.2) is 15.8 Å². The number of sulfone groups is 1. The van der Waals surface area contributed by atoms with Crippen molar-refractivity contribution in [1.82, 2.24) is 10.2 Å². The van der Waals surface area contributed by atoms with Gasteiger partial charge in [-0.2, -0.15) is 0 Å². The van der Waals surface area contributed by atoms with Gasteiger partial charge in [-0.15, -0.1) is 11.8 Å². The topological polar surface area (TPSA) is 99.3 Å². The molecule has 1 fully saturated rings. The molecule has 0 saturated carbocycles. The monoisotopic (exact) mass is 356 g/mol. The Morgan fingerprint density at radius 1 is 1.43 bits per heavy atom. The predicted molar refractivity (Wildman–Crippen MR) is 94.8 cm³/mol. The number of hydrogen-bond donors (Lipinski definition) is 3. The van der Waals surface area contributed by atoms with E-state index in [1.54, 1.807) is 23.9 Å². The van der Waals surface area contributed by atoms with Crippen LogP contribution in [0.3, 0.4) is 0 Å². The van der Waals surface area contributed by atoms with E-state index in [2.05, 4.69) is 5.32 Å². The fraction of sp³-hybridized carbons (Fsp3) is 0.533. The average molecular weight is 357 g/mol. The maximum Gasteiger partial charge on any atom is 0.188 e. The van der Waals surface area contributed by atoms with Crippen molar-refractivity contribution in [3.05, 3.63) is 24.3 Å². The maximum absolute atomic E-state index is 12.3. The van der Waals surface area contributed by atoms with Crippen molar-refractivity contribution < 1.29 is 8.42 Å². The van der Waals surface area contributed by atoms with Gasteiger partial charge in [-0.25, -0.2) is 8.42 Å². The molecule has 0 bridgehead atoms. The molecule has 4 N–H and O–H groups in total. The molecule has 128 valence electrons. The molecular weight excluding hydrogens is 332 g/mol. The molecule has 1 aromatic carbocycles. The summed E-state index contributed by atoms with van der Waals surface area (Å²) in [5.41, 5.74) is 5.46. The summed E-state index contributed by atoms with van der Waals surface area (Å²) in [4.78, 5) is 3.27. The second kappa shape index (κ2) is 8.03. The van der Waals surface area contributed by atoms with Crippen LogP contribution in [0.4, 0.5) is 0 Å². The number of rotatable bonds is 7. The summed E-state index contributed by atoms with van der Waals surface area (Å²) >= 11 is 1.59. The van der Waals surface area contributed by atoms with E-state index < -0.39 is 9.84 Å². The predicted octanol–water partition coefficient (Wildman–Crippen LogP) is 1.13. The summed E-state index contributed by atoms with van der Waals surface area (Å²) in [6.45, 7) is 2.16. The van der Waals surface area contributed by atoms with Gasteiger partial charge in [-0.05, 0) is 49.9 Å². The van der Waals surface area contributed by atoms with E-state index in [9.17, 15) is 8.42 Å². The Bertz CT molecular complexity index is 631. The van der Waals surface area contributed by atoms with E-state index in [-0.39, 0.29) is 17.8 Å². The lowest BCUT2D eigenvalue weighted by Gasteiger charge is -2.16. The Balaban J connectivity index is 1.75. The normalized spacial score (nSPS) is 18.3. The maximum atomic E-state index is 12.3. The van der Waals surface area contributed by atoms with Crippen LogP contribution in [0.2, 0.25) is 0 Å². The zero-order chi connectivity index (χ0) is 16.9. The highest BCUT2D eigenvalue weighted by Gasteiger charge is 2.22. The van der Waals surface area contributed by atoms with Crippen molar-refractivity contribution in [1.29, 1.82) is 5.41 Å². The van der Waals surface area contributed by atoms with E-state index >= 15 is 0 Å². The molecule has 23 heavy (non-hydrogen) atoms. The first-order valence-corrected chi connectivity index (χ1v) is 10.5. The number of thioether (sulfide) groups is 1. The first-order valence-electron chi connectivity index (χ1n) is 7.61. The lowest BCUT2D eigenvalue weighted by molar-refractivity contribution is 0.470. The van der Waals surface area contributed by atoms with Crippen molar-refractivity contribution in [2.45, 2.75) is 28.7 Å². The SMILES string of the molecule is CSc1ccc(S(=O)(=O)CCCNC2CCN(C(=N)N)C2)cc1. The van der Waals surface area contributed by atoms with Crippen LogP contribution in [0.25, 0.3) is 0 Å². The summed E-state index contributed by atoms with van der Waals surface area (Å²) in [6.07, 6.45) is 3.47. The largest absolute Gasteiger partial charge is 0.370 e. The lowest BCUT2D eigenvalue weighted by Crippen LogP contribution is -2.38. The van der Waals surface area contributed by atoms with Gasteiger partial charge in [0, 0.05) is 24.0 Å². The summed E-state index contributed by atoms with van der Waals surface area (Å²) in [5.74, 6) is 0.243. The van der Waals surface area contributed by atoms with Gasteiger partial charge in [0.25, 0.3) is 0 Å². The fourth-order valence-corrected chi connectivity index (χ4v) is 4.33. The number of guanidine groups is 1. The molecule has 1 heterocycles. The highest BCUT2D eigenvalue weighted by molar-refractivity contribution is 7.98. The van der Waals surface area contributed by atoms with E-state index in [0.717, 1.165) is 24.4 Å². The molecule has 0 radical (unpaired) electrons. The van der Waals surface area contributed by atoms with Crippen molar-refractivity contribution in [2.75, 3.05) is 31.6 Å². The van der Waals surface area contributed by atoms with Gasteiger partial charge in [0.1, 0.15) is 0 Å². The Hall–Kier alpha value is -1.25. The Morgan fingerprint density at radius 3 is 2.70 bits per heavy atom. The molecule has 6 nitrogen and oxygen atoms in total. The van der Waals surface area contributed by atoms with Gasteiger partial charge in [-0.3, -0.25) is 5.41 Å². The minimum atomic E-state index is -3.22. The van der Waals surface area contributed by atoms with Crippen molar-refractivity contribution in [3.63, 3.8) is 0 Å². The van der Waals surface area contributed by atoms with Crippen molar-refractivity contribution in [2.24, 2.45) is 5.73 Å². The van der Waals surface area contributed by atoms with Gasteiger partial charge < -0.3 is 16.0 Å². The number of nitrogens with one attached hydrogen (secondary N) is 2. The van der Waals surface area contributed by atoms with E-state index in [1.807, 2.05) is 23.3 Å². The molecule has 1 aliphatic rings. The number of benzene rings is 1. The van der Waals surface area contributed by atoms with Crippen LogP contribution < -0.4 is 11.1 Å². The lowest BCUT2D eigenvalue weighted by atomic mass is 10.2. The summed E-state index contributed by atoms with van der Waals surface area (Å²) in [5, 5.41) is 10.7. The molecule has 0 aliphatic carbocycles. The third-order valence-electron chi connectivity index (χ3n) is 3.97. The van der Waals surface area contributed by atoms with Crippen LogP contribution in [0, 0.1) is 5.41 Å². The quantitative estimate of drug-likeness (QED) is 0.293. The van der Waals surface area contributed by atoms with E-state index in [4.69, 9.17) is 11.1 Å². The fourth-order valence-electron chi connectivity index (χ4n) is 2.61. The standard InChI is InChI=1S/C15H24N4O2S2/c1-22-13-3-5-14(6-4-13)23(20,21)10-2-8-18-12-7-9-19(11-12)15(16)17/h3-6,12,18H,2,7-11H2,1H3,(H3,16,17). The third-order valence-corrected chi connectivity index (χ3v) is 6.53. The molecule has 2 rings (SSSR count). The summed E-state index contributed by atoms with van der Waals surface area (Å²) in [7, 11) is -3.22. The molecular formula is C15H24N4O2S2. The zero-order valence-electron chi connectivity index (χ0n) is 13.3. The Morgan fingerprint density at radius 2 is 2.13 bits per heavy atom. The molecule has 1 unspecified atom stereocenters. The molecule has 0 spiro atoms. The molecule has 0 amide bonds. The van der Waals surface area contributed by atoms with Crippen molar-refractivity contribution >= 4 is 27.6 Å². The molecule has 1 aromatic rings. The van der Waals surface area contributed by atoms with Crippen LogP contribution in [0.1, 0.15) is 12.8 Å². The third kappa shape index (κ3) is 5.12. The van der Waals surface area contributed by atoms with Crippen LogP contribution in [-0.2, 0) is 9.84 Å². The minimum Gasteiger partial charge on any atom is -0.370 e. The Kier molecular flexibility index (Phi) is 6.32. The van der Waals surface area contributed by atoms with Gasteiger partial charge in [-0.1, -0.05) is 0 Å². The second-order valence-electron chi connectivity index (χ2n) is 5.62. The van der Waals surface area contributed by atoms with Crippen LogP contribution >= 0.6 is 11.8 Å². The molecule has 0 aromatic heterocycles. The molecule has 1 aliphatic heterocycles. The molecule has 1 atom stereocenters. The summed E-state index contributed by atoms with van der Waals surface area (Å²) < 4.78 is 24.6. The highest BCUT2D eigenvalue weighted by atomic mass is 32.2. The minimum absolute atomic E-state index is 0.102. The van der Waals surface area contributed by atoms with Crippen LogP contribution in [-0.4, -0.2) is 57.0 Å². The Labute approximate surface area is 142 Å². The number of hydrogen-bond acceptors (Lipinski definition) is 5. The first-order chi connectivity index (χ1) is 10.9. The number of likely N-dealkylation sites (tertiary alicyclic amines) is 1. The smallest absolute Gasteiger partial charge is 0.188 e. The molecule has 8 heteroatoms. The molecule has 1 saturated heterocycles. The van der Waals surface area contributed by atoms with Crippen molar-refractivity contribution in [3.8, 4) is 0 Å². The van der Waals surface area contributed by atoms with Gasteiger partial charge in [0.05, 0.1) is 10.6 Å². The van der Waals surface area contributed by atoms with E-state index in [1.165, 1.54) is 0 Å². The van der Waals surface area contributed by atoms with Gasteiger partial charge >= 0.3 is 0 Å². The zero-order valence-corrected chi connectivity index (χ0v) is 14.9. The first kappa shape index (κ1) is 18.1. The van der Waals surface area contributed by atoms with Crippen LogP contribution in [0.5, 0.6) is 0 Å². The second-order valence-corrected chi connectivity index (χ2v) is 8.61. The highest BCUT2D eigenvalue weighted by Crippen LogP contribution is 2.18. The van der Waals surface area contributed by atoms with E-state index in [0.29, 0.717) is 17.9 Å². The van der Waals surface area contributed by atoms with Gasteiger partial charge in [0.2, 0.25) is 0 Å². The van der Waals surface area contributed by atoms with Crippen LogP contribution in [0.15, 0.2) is 34.1 Å². The number of nitrogens with two attached hydrogens (primary N) is 1. The summed E-state index contributed by atoms with van der Waals surface area (Å²) in [6, 6.07) is 7.31.